The zero-order valence-electron chi connectivity index (χ0n) is 39.6. The molecule has 0 N–H and O–H groups in total. The number of nitrogens with zero attached hydrogens (tertiary/aromatic N) is 4. The highest BCUT2D eigenvalue weighted by Crippen LogP contribution is 2.42. The Labute approximate surface area is 417 Å². The lowest BCUT2D eigenvalue weighted by Crippen LogP contribution is -2.12. The summed E-state index contributed by atoms with van der Waals surface area (Å²) in [6, 6.07) is 106. The van der Waals surface area contributed by atoms with Gasteiger partial charge in [-0.25, -0.2) is 0 Å². The van der Waals surface area contributed by atoms with Crippen molar-refractivity contribution in [2.24, 2.45) is 0 Å². The standard InChI is InChI=1S/C67H52N4/c1-68(66-31-17-23-55(49-66)51-19-7-2-8-20-51)57-41-43-63(44-42-57)69(58-25-11-4-12-26-58)61-37-33-53(34-38-61)54-35-39-62(40-36-54)70(59-27-13-5-14-28-59)64-45-47-65(48-46-64)71(60-29-15-6-16-30-60)67-32-18-24-56(50-67)52-21-9-3-10-22-52/h2-50H,1H3. The average molecular weight is 913 g/mol. The van der Waals surface area contributed by atoms with Crippen LogP contribution >= 0.6 is 0 Å². The van der Waals surface area contributed by atoms with E-state index in [1.54, 1.807) is 0 Å². The van der Waals surface area contributed by atoms with Crippen LogP contribution < -0.4 is 19.6 Å². The second-order valence-corrected chi connectivity index (χ2v) is 17.5. The molecule has 4 heteroatoms. The lowest BCUT2D eigenvalue weighted by atomic mass is 10.0. The van der Waals surface area contributed by atoms with Crippen molar-refractivity contribution in [1.82, 2.24) is 0 Å². The Hall–Kier alpha value is -9.38. The van der Waals surface area contributed by atoms with E-state index in [1.165, 1.54) is 22.3 Å². The third-order valence-corrected chi connectivity index (χ3v) is 13.0. The first-order valence-corrected chi connectivity index (χ1v) is 24.1. The molecule has 11 rings (SSSR count). The molecule has 0 unspecified atom stereocenters. The SMILES string of the molecule is CN(c1ccc(N(c2ccccc2)c2ccc(-c3ccc(N(c4ccccc4)c4ccc(N(c5ccccc5)c5cccc(-c6ccccc6)c5)cc4)cc3)cc2)cc1)c1cccc(-c2ccccc2)c1. The first kappa shape index (κ1) is 44.1. The van der Waals surface area contributed by atoms with Crippen molar-refractivity contribution in [2.45, 2.75) is 0 Å². The molecule has 71 heavy (non-hydrogen) atoms. The maximum atomic E-state index is 2.32. The van der Waals surface area contributed by atoms with Gasteiger partial charge >= 0.3 is 0 Å². The minimum Gasteiger partial charge on any atom is -0.345 e. The minimum absolute atomic E-state index is 1.07. The molecule has 340 valence electrons. The van der Waals surface area contributed by atoms with Gasteiger partial charge in [-0.05, 0) is 167 Å². The molecule has 0 bridgehead atoms. The average Bonchev–Trinajstić information content (AvgIpc) is 3.45. The lowest BCUT2D eigenvalue weighted by molar-refractivity contribution is 1.20. The van der Waals surface area contributed by atoms with E-state index in [0.29, 0.717) is 0 Å². The molecule has 0 heterocycles. The molecule has 0 amide bonds. The van der Waals surface area contributed by atoms with Gasteiger partial charge in [0, 0.05) is 69.6 Å². The van der Waals surface area contributed by atoms with Gasteiger partial charge in [0.05, 0.1) is 0 Å². The van der Waals surface area contributed by atoms with Crippen molar-refractivity contribution in [3.8, 4) is 33.4 Å². The third-order valence-electron chi connectivity index (χ3n) is 13.0. The predicted octanol–water partition coefficient (Wildman–Crippen LogP) is 18.9. The Morgan fingerprint density at radius 3 is 0.761 bits per heavy atom. The van der Waals surface area contributed by atoms with Gasteiger partial charge in [0.15, 0.2) is 0 Å². The van der Waals surface area contributed by atoms with E-state index in [2.05, 4.69) is 324 Å². The summed E-state index contributed by atoms with van der Waals surface area (Å²) < 4.78 is 0. The Bertz CT molecular complexity index is 3440. The van der Waals surface area contributed by atoms with Crippen LogP contribution in [0.2, 0.25) is 0 Å². The maximum absolute atomic E-state index is 2.32. The highest BCUT2D eigenvalue weighted by molar-refractivity contribution is 5.85. The molecule has 0 saturated heterocycles. The molecular formula is C67H52N4. The summed E-state index contributed by atoms with van der Waals surface area (Å²) in [5.41, 5.74) is 19.1. The van der Waals surface area contributed by atoms with Gasteiger partial charge in [-0.1, -0.05) is 164 Å². The van der Waals surface area contributed by atoms with Crippen LogP contribution in [0, 0.1) is 0 Å². The van der Waals surface area contributed by atoms with Crippen molar-refractivity contribution >= 4 is 62.6 Å². The second kappa shape index (κ2) is 20.5. The van der Waals surface area contributed by atoms with Crippen molar-refractivity contribution in [3.63, 3.8) is 0 Å². The number of para-hydroxylation sites is 3. The van der Waals surface area contributed by atoms with Crippen LogP contribution in [0.25, 0.3) is 33.4 Å². The quantitative estimate of drug-likeness (QED) is 0.108. The van der Waals surface area contributed by atoms with Gasteiger partial charge in [-0.15, -0.1) is 0 Å². The van der Waals surface area contributed by atoms with Crippen molar-refractivity contribution < 1.29 is 0 Å². The van der Waals surface area contributed by atoms with E-state index in [4.69, 9.17) is 0 Å². The molecule has 0 spiro atoms. The Kier molecular flexibility index (Phi) is 12.7. The lowest BCUT2D eigenvalue weighted by Gasteiger charge is -2.28. The van der Waals surface area contributed by atoms with Crippen molar-refractivity contribution in [3.05, 3.63) is 297 Å². The fourth-order valence-corrected chi connectivity index (χ4v) is 9.38. The van der Waals surface area contributed by atoms with Crippen LogP contribution in [0.15, 0.2) is 297 Å². The molecular weight excluding hydrogens is 861 g/mol. The third kappa shape index (κ3) is 9.69. The number of hydrogen-bond donors (Lipinski definition) is 0. The Morgan fingerprint density at radius 2 is 0.394 bits per heavy atom. The largest absolute Gasteiger partial charge is 0.345 e. The van der Waals surface area contributed by atoms with Crippen molar-refractivity contribution in [2.75, 3.05) is 26.6 Å². The smallest absolute Gasteiger partial charge is 0.0467 e. The van der Waals surface area contributed by atoms with Crippen molar-refractivity contribution in [1.29, 1.82) is 0 Å². The highest BCUT2D eigenvalue weighted by atomic mass is 15.2. The van der Waals surface area contributed by atoms with Gasteiger partial charge in [-0.3, -0.25) is 0 Å². The molecule has 0 radical (unpaired) electrons. The zero-order valence-corrected chi connectivity index (χ0v) is 39.6. The summed E-state index contributed by atoms with van der Waals surface area (Å²) >= 11 is 0. The molecule has 4 nitrogen and oxygen atoms in total. The van der Waals surface area contributed by atoms with E-state index in [9.17, 15) is 0 Å². The fraction of sp³-hybridized carbons (Fsp3) is 0.0149. The Balaban J connectivity index is 0.855. The minimum atomic E-state index is 1.07. The molecule has 0 aliphatic heterocycles. The molecule has 0 saturated carbocycles. The summed E-state index contributed by atoms with van der Waals surface area (Å²) in [6.07, 6.45) is 0. The molecule has 0 aromatic heterocycles. The monoisotopic (exact) mass is 912 g/mol. The Morgan fingerprint density at radius 1 is 0.169 bits per heavy atom. The van der Waals surface area contributed by atoms with E-state index < -0.39 is 0 Å². The van der Waals surface area contributed by atoms with Crippen LogP contribution in [0.4, 0.5) is 62.6 Å². The molecule has 0 aliphatic rings. The van der Waals surface area contributed by atoms with Gasteiger partial charge in [0.1, 0.15) is 0 Å². The van der Waals surface area contributed by atoms with Crippen LogP contribution in [0.3, 0.4) is 0 Å². The van der Waals surface area contributed by atoms with Crippen LogP contribution in [-0.2, 0) is 0 Å². The first-order chi connectivity index (χ1) is 35.1. The van der Waals surface area contributed by atoms with Gasteiger partial charge in [0.25, 0.3) is 0 Å². The summed E-state index contributed by atoms with van der Waals surface area (Å²) in [7, 11) is 2.13. The van der Waals surface area contributed by atoms with Crippen LogP contribution in [0.1, 0.15) is 0 Å². The summed E-state index contributed by atoms with van der Waals surface area (Å²) in [5, 5.41) is 0. The summed E-state index contributed by atoms with van der Waals surface area (Å²) in [4.78, 5) is 9.20. The zero-order chi connectivity index (χ0) is 47.8. The molecule has 0 fully saturated rings. The van der Waals surface area contributed by atoms with E-state index in [1.807, 2.05) is 0 Å². The molecule has 11 aromatic carbocycles. The molecule has 0 atom stereocenters. The van der Waals surface area contributed by atoms with Gasteiger partial charge < -0.3 is 19.6 Å². The topological polar surface area (TPSA) is 13.0 Å². The predicted molar refractivity (Wildman–Crippen MR) is 301 cm³/mol. The highest BCUT2D eigenvalue weighted by Gasteiger charge is 2.18. The summed E-state index contributed by atoms with van der Waals surface area (Å²) in [6.45, 7) is 0. The fourth-order valence-electron chi connectivity index (χ4n) is 9.38. The van der Waals surface area contributed by atoms with E-state index in [-0.39, 0.29) is 0 Å². The second-order valence-electron chi connectivity index (χ2n) is 17.5. The van der Waals surface area contributed by atoms with Crippen LogP contribution in [0.5, 0.6) is 0 Å². The number of rotatable bonds is 14. The van der Waals surface area contributed by atoms with Gasteiger partial charge in [-0.2, -0.15) is 0 Å². The molecule has 0 aliphatic carbocycles. The number of benzene rings is 11. The maximum Gasteiger partial charge on any atom is 0.0467 e. The van der Waals surface area contributed by atoms with E-state index >= 15 is 0 Å². The first-order valence-electron chi connectivity index (χ1n) is 24.1. The summed E-state index contributed by atoms with van der Waals surface area (Å²) in [5.74, 6) is 0. The normalized spacial score (nSPS) is 10.9. The molecule has 11 aromatic rings. The number of hydrogen-bond acceptors (Lipinski definition) is 4. The number of anilines is 11. The van der Waals surface area contributed by atoms with E-state index in [0.717, 1.165) is 73.7 Å². The van der Waals surface area contributed by atoms with Crippen LogP contribution in [-0.4, -0.2) is 7.05 Å². The van der Waals surface area contributed by atoms with Gasteiger partial charge in [0.2, 0.25) is 0 Å².